The molecule has 1 aliphatic heterocycles. The molecule has 8 nitrogen and oxygen atoms in total. The molecule has 2 heterocycles. The quantitative estimate of drug-likeness (QED) is 0.585. The summed E-state index contributed by atoms with van der Waals surface area (Å²) >= 11 is 0. The number of pyridine rings is 1. The number of hydrogen-bond donors (Lipinski definition) is 2. The number of ether oxygens (including phenoxy) is 1. The van der Waals surface area contributed by atoms with E-state index < -0.39 is 11.4 Å². The summed E-state index contributed by atoms with van der Waals surface area (Å²) in [6, 6.07) is 14.8. The molecule has 2 N–H and O–H groups in total. The van der Waals surface area contributed by atoms with E-state index in [1.165, 1.54) is 0 Å². The molecule has 8 heteroatoms. The normalized spacial score (nSPS) is 14.2. The molecule has 3 aromatic rings. The zero-order valence-corrected chi connectivity index (χ0v) is 20.0. The third kappa shape index (κ3) is 4.90. The first-order valence-corrected chi connectivity index (χ1v) is 11.3. The average molecular weight is 463 g/mol. The van der Waals surface area contributed by atoms with Crippen molar-refractivity contribution in [3.63, 3.8) is 0 Å². The fraction of sp³-hybridized carbons (Fsp3) is 0.346. The Bertz CT molecular complexity index is 1230. The molecule has 0 radical (unpaired) electrons. The molecule has 1 saturated heterocycles. The number of benzene rings is 2. The van der Waals surface area contributed by atoms with Gasteiger partial charge in [-0.3, -0.25) is 4.79 Å². The number of carbonyl (C=O) groups excluding carboxylic acids is 1. The van der Waals surface area contributed by atoms with Crippen molar-refractivity contribution in [1.29, 1.82) is 0 Å². The Kier molecular flexibility index (Phi) is 6.32. The molecule has 4 rings (SSSR count). The molecule has 1 fully saturated rings. The van der Waals surface area contributed by atoms with Gasteiger partial charge in [-0.1, -0.05) is 26.8 Å². The van der Waals surface area contributed by atoms with Gasteiger partial charge in [0.25, 0.3) is 0 Å². The van der Waals surface area contributed by atoms with Crippen molar-refractivity contribution in [2.24, 2.45) is 5.41 Å². The Morgan fingerprint density at radius 3 is 2.35 bits per heavy atom. The second-order valence-corrected chi connectivity index (χ2v) is 9.44. The number of anilines is 3. The molecule has 0 unspecified atom stereocenters. The summed E-state index contributed by atoms with van der Waals surface area (Å²) < 4.78 is 5.33. The van der Waals surface area contributed by atoms with Crippen LogP contribution in [0, 0.1) is 5.41 Å². The van der Waals surface area contributed by atoms with Gasteiger partial charge in [0.05, 0.1) is 18.2 Å². The van der Waals surface area contributed by atoms with Gasteiger partial charge in [-0.05, 0) is 36.4 Å². The van der Waals surface area contributed by atoms with Gasteiger partial charge in [0, 0.05) is 54.4 Å². The first kappa shape index (κ1) is 23.4. The molecule has 0 spiro atoms. The highest BCUT2D eigenvalue weighted by Gasteiger charge is 2.23. The van der Waals surface area contributed by atoms with Crippen LogP contribution in [0.4, 0.5) is 17.2 Å². The number of carboxylic acids is 1. The summed E-state index contributed by atoms with van der Waals surface area (Å²) in [6.45, 7) is 8.49. The Morgan fingerprint density at radius 2 is 1.71 bits per heavy atom. The minimum atomic E-state index is -1.03. The van der Waals surface area contributed by atoms with Gasteiger partial charge >= 0.3 is 5.97 Å². The molecule has 1 amide bonds. The highest BCUT2D eigenvalue weighted by molar-refractivity contribution is 6.05. The topological polar surface area (TPSA) is 95.0 Å². The van der Waals surface area contributed by atoms with E-state index in [-0.39, 0.29) is 11.5 Å². The van der Waals surface area contributed by atoms with Gasteiger partial charge in [-0.2, -0.15) is 0 Å². The zero-order valence-electron chi connectivity index (χ0n) is 20.0. The number of fused-ring (bicyclic) bond motifs is 1. The van der Waals surface area contributed by atoms with Gasteiger partial charge in [0.15, 0.2) is 0 Å². The maximum absolute atomic E-state index is 12.4. The maximum atomic E-state index is 12.4. The number of nitrogens with zero attached hydrogens (tertiary/aromatic N) is 3. The van der Waals surface area contributed by atoms with Crippen molar-refractivity contribution in [1.82, 2.24) is 4.98 Å². The second-order valence-electron chi connectivity index (χ2n) is 9.44. The minimum absolute atomic E-state index is 0.137. The van der Waals surface area contributed by atoms with E-state index in [2.05, 4.69) is 21.2 Å². The van der Waals surface area contributed by atoms with Gasteiger partial charge in [0.1, 0.15) is 11.6 Å². The number of aromatic carboxylic acids is 1. The summed E-state index contributed by atoms with van der Waals surface area (Å²) in [5.41, 5.74) is 1.85. The van der Waals surface area contributed by atoms with Crippen LogP contribution in [-0.4, -0.2) is 55.3 Å². The molecule has 0 aliphatic carbocycles. The lowest BCUT2D eigenvalue weighted by molar-refractivity contribution is -0.123. The first-order chi connectivity index (χ1) is 16.2. The zero-order chi connectivity index (χ0) is 24.5. The Hall–Kier alpha value is -3.81. The lowest BCUT2D eigenvalue weighted by atomic mass is 9.95. The average Bonchev–Trinajstić information content (AvgIpc) is 2.82. The van der Waals surface area contributed by atoms with Crippen LogP contribution < -0.4 is 19.9 Å². The smallest absolute Gasteiger partial charge is 0.336 e. The Labute approximate surface area is 199 Å². The molecule has 0 atom stereocenters. The molecule has 2 aromatic carbocycles. The third-order valence-corrected chi connectivity index (χ3v) is 5.99. The first-order valence-electron chi connectivity index (χ1n) is 11.3. The van der Waals surface area contributed by atoms with Crippen LogP contribution in [0.3, 0.4) is 0 Å². The standard InChI is InChI=1S/C26H30N4O4/c1-26(2,3)25(33)27-17-8-9-22-20(14-17)21(24(31)32)16-23(28-22)30-12-10-29(11-13-30)18-6-5-7-19(15-18)34-4/h5-9,14-16H,10-13H2,1-4H3,(H,27,33)(H,31,32). The number of nitrogens with one attached hydrogen (secondary N) is 1. The lowest BCUT2D eigenvalue weighted by Crippen LogP contribution is -2.46. The Balaban J connectivity index is 1.57. The van der Waals surface area contributed by atoms with E-state index in [0.29, 0.717) is 35.5 Å². The highest BCUT2D eigenvalue weighted by atomic mass is 16.5. The second kappa shape index (κ2) is 9.21. The van der Waals surface area contributed by atoms with Crippen LogP contribution in [0.25, 0.3) is 10.9 Å². The molecule has 34 heavy (non-hydrogen) atoms. The van der Waals surface area contributed by atoms with E-state index in [1.54, 1.807) is 31.4 Å². The van der Waals surface area contributed by atoms with E-state index >= 15 is 0 Å². The number of methoxy groups -OCH3 is 1. The van der Waals surface area contributed by atoms with Gasteiger partial charge in [0.2, 0.25) is 5.91 Å². The predicted octanol–water partition coefficient (Wildman–Crippen LogP) is 4.25. The molecule has 0 saturated carbocycles. The number of carbonyl (C=O) groups is 2. The van der Waals surface area contributed by atoms with Crippen molar-refractivity contribution < 1.29 is 19.4 Å². The minimum Gasteiger partial charge on any atom is -0.497 e. The summed E-state index contributed by atoms with van der Waals surface area (Å²) in [5, 5.41) is 13.3. The summed E-state index contributed by atoms with van der Waals surface area (Å²) in [5.74, 6) is 0.298. The summed E-state index contributed by atoms with van der Waals surface area (Å²) in [7, 11) is 1.66. The fourth-order valence-electron chi connectivity index (χ4n) is 3.95. The van der Waals surface area contributed by atoms with Gasteiger partial charge in [-0.25, -0.2) is 9.78 Å². The summed E-state index contributed by atoms with van der Waals surface area (Å²) in [6.07, 6.45) is 0. The number of hydrogen-bond acceptors (Lipinski definition) is 6. The number of amides is 1. The largest absolute Gasteiger partial charge is 0.497 e. The van der Waals surface area contributed by atoms with Crippen LogP contribution in [0.2, 0.25) is 0 Å². The molecule has 178 valence electrons. The molecule has 0 bridgehead atoms. The molecular weight excluding hydrogens is 432 g/mol. The Morgan fingerprint density at radius 1 is 1.00 bits per heavy atom. The molecule has 1 aliphatic rings. The van der Waals surface area contributed by atoms with E-state index in [9.17, 15) is 14.7 Å². The third-order valence-electron chi connectivity index (χ3n) is 5.99. The fourth-order valence-corrected chi connectivity index (χ4v) is 3.95. The van der Waals surface area contributed by atoms with Crippen LogP contribution in [0.1, 0.15) is 31.1 Å². The van der Waals surface area contributed by atoms with Crippen LogP contribution in [0.5, 0.6) is 5.75 Å². The van der Waals surface area contributed by atoms with Crippen molar-refractivity contribution in [2.75, 3.05) is 48.4 Å². The number of carboxylic acid groups (broad SMARTS) is 1. The van der Waals surface area contributed by atoms with E-state index in [1.807, 2.05) is 39.0 Å². The highest BCUT2D eigenvalue weighted by Crippen LogP contribution is 2.29. The monoisotopic (exact) mass is 462 g/mol. The molecule has 1 aromatic heterocycles. The number of piperazine rings is 1. The van der Waals surface area contributed by atoms with E-state index in [4.69, 9.17) is 9.72 Å². The van der Waals surface area contributed by atoms with Crippen molar-refractivity contribution >= 4 is 40.0 Å². The number of aromatic nitrogens is 1. The van der Waals surface area contributed by atoms with Crippen molar-refractivity contribution in [2.45, 2.75) is 20.8 Å². The van der Waals surface area contributed by atoms with Gasteiger partial charge < -0.3 is 25.0 Å². The van der Waals surface area contributed by atoms with E-state index in [0.717, 1.165) is 24.5 Å². The van der Waals surface area contributed by atoms with Crippen molar-refractivity contribution in [3.05, 3.63) is 54.1 Å². The number of rotatable bonds is 5. The van der Waals surface area contributed by atoms with Crippen LogP contribution in [0.15, 0.2) is 48.5 Å². The maximum Gasteiger partial charge on any atom is 0.336 e. The van der Waals surface area contributed by atoms with Crippen molar-refractivity contribution in [3.8, 4) is 5.75 Å². The van der Waals surface area contributed by atoms with Gasteiger partial charge in [-0.15, -0.1) is 0 Å². The SMILES string of the molecule is COc1cccc(N2CCN(c3cc(C(=O)O)c4cc(NC(=O)C(C)(C)C)ccc4n3)CC2)c1. The van der Waals surface area contributed by atoms with Crippen LogP contribution >= 0.6 is 0 Å². The summed E-state index contributed by atoms with van der Waals surface area (Å²) in [4.78, 5) is 33.6. The predicted molar refractivity (Wildman–Crippen MR) is 134 cm³/mol. The van der Waals surface area contributed by atoms with Crippen LogP contribution in [-0.2, 0) is 4.79 Å². The lowest BCUT2D eigenvalue weighted by Gasteiger charge is -2.37. The molecular formula is C26H30N4O4.